The van der Waals surface area contributed by atoms with E-state index in [0.29, 0.717) is 12.1 Å². The van der Waals surface area contributed by atoms with Crippen LogP contribution in [0.5, 0.6) is 0 Å². The number of rotatable bonds is 2. The molecule has 1 unspecified atom stereocenters. The SMILES string of the molecule is CCNC1CCO[C@@H]1C. The van der Waals surface area contributed by atoms with Crippen LogP contribution in [0.4, 0.5) is 0 Å². The summed E-state index contributed by atoms with van der Waals surface area (Å²) in [5.41, 5.74) is 0. The second-order valence-corrected chi connectivity index (χ2v) is 2.53. The standard InChI is InChI=1S/C7H15NO/c1-3-8-7-4-5-9-6(7)2/h6-8H,3-5H2,1-2H3/t6-,7?/m1/s1. The third kappa shape index (κ3) is 1.66. The lowest BCUT2D eigenvalue weighted by atomic mass is 10.2. The van der Waals surface area contributed by atoms with Gasteiger partial charge in [0, 0.05) is 12.6 Å². The summed E-state index contributed by atoms with van der Waals surface area (Å²) in [5, 5.41) is 3.37. The van der Waals surface area contributed by atoms with E-state index < -0.39 is 0 Å². The number of ether oxygens (including phenoxy) is 1. The summed E-state index contributed by atoms with van der Waals surface area (Å²) in [5.74, 6) is 0. The molecule has 0 aliphatic carbocycles. The molecule has 0 bridgehead atoms. The Bertz CT molecular complexity index is 85.0. The van der Waals surface area contributed by atoms with Crippen LogP contribution in [-0.4, -0.2) is 25.3 Å². The third-order valence-corrected chi connectivity index (χ3v) is 1.84. The number of hydrogen-bond donors (Lipinski definition) is 1. The van der Waals surface area contributed by atoms with Gasteiger partial charge in [0.15, 0.2) is 0 Å². The van der Waals surface area contributed by atoms with Crippen molar-refractivity contribution in [3.05, 3.63) is 0 Å². The van der Waals surface area contributed by atoms with Gasteiger partial charge in [-0.15, -0.1) is 0 Å². The van der Waals surface area contributed by atoms with Gasteiger partial charge in [0.2, 0.25) is 0 Å². The van der Waals surface area contributed by atoms with Crippen molar-refractivity contribution in [3.63, 3.8) is 0 Å². The molecule has 1 saturated heterocycles. The van der Waals surface area contributed by atoms with E-state index in [4.69, 9.17) is 4.74 Å². The van der Waals surface area contributed by atoms with Gasteiger partial charge >= 0.3 is 0 Å². The quantitative estimate of drug-likeness (QED) is 0.594. The summed E-state index contributed by atoms with van der Waals surface area (Å²) in [7, 11) is 0. The summed E-state index contributed by atoms with van der Waals surface area (Å²) in [4.78, 5) is 0. The van der Waals surface area contributed by atoms with E-state index in [-0.39, 0.29) is 0 Å². The molecule has 1 heterocycles. The van der Waals surface area contributed by atoms with E-state index in [1.807, 2.05) is 0 Å². The molecule has 54 valence electrons. The van der Waals surface area contributed by atoms with Gasteiger partial charge < -0.3 is 10.1 Å². The first-order valence-corrected chi connectivity index (χ1v) is 3.69. The summed E-state index contributed by atoms with van der Waals surface area (Å²) < 4.78 is 5.36. The normalized spacial score (nSPS) is 35.3. The zero-order valence-electron chi connectivity index (χ0n) is 6.18. The van der Waals surface area contributed by atoms with Gasteiger partial charge in [-0.25, -0.2) is 0 Å². The van der Waals surface area contributed by atoms with Crippen molar-refractivity contribution >= 4 is 0 Å². The Kier molecular flexibility index (Phi) is 2.49. The Morgan fingerprint density at radius 1 is 1.67 bits per heavy atom. The molecule has 2 heteroatoms. The van der Waals surface area contributed by atoms with E-state index in [2.05, 4.69) is 19.2 Å². The average molecular weight is 129 g/mol. The molecular weight excluding hydrogens is 114 g/mol. The molecule has 0 amide bonds. The van der Waals surface area contributed by atoms with E-state index >= 15 is 0 Å². The second-order valence-electron chi connectivity index (χ2n) is 2.53. The molecule has 0 aromatic carbocycles. The first kappa shape index (κ1) is 7.03. The number of nitrogens with one attached hydrogen (secondary N) is 1. The van der Waals surface area contributed by atoms with E-state index in [1.54, 1.807) is 0 Å². The molecule has 1 N–H and O–H groups in total. The summed E-state index contributed by atoms with van der Waals surface area (Å²) >= 11 is 0. The molecule has 0 aromatic rings. The van der Waals surface area contributed by atoms with Crippen LogP contribution in [0.2, 0.25) is 0 Å². The first-order valence-electron chi connectivity index (χ1n) is 3.69. The van der Waals surface area contributed by atoms with E-state index in [9.17, 15) is 0 Å². The van der Waals surface area contributed by atoms with Crippen molar-refractivity contribution in [2.75, 3.05) is 13.2 Å². The fourth-order valence-electron chi connectivity index (χ4n) is 1.26. The molecule has 1 rings (SSSR count). The van der Waals surface area contributed by atoms with Gasteiger partial charge in [0.25, 0.3) is 0 Å². The van der Waals surface area contributed by atoms with Crippen LogP contribution in [0.3, 0.4) is 0 Å². The molecule has 0 radical (unpaired) electrons. The molecule has 2 atom stereocenters. The summed E-state index contributed by atoms with van der Waals surface area (Å²) in [6.07, 6.45) is 1.60. The van der Waals surface area contributed by atoms with Crippen LogP contribution in [-0.2, 0) is 4.74 Å². The smallest absolute Gasteiger partial charge is 0.0700 e. The maximum atomic E-state index is 5.36. The van der Waals surface area contributed by atoms with Crippen molar-refractivity contribution in [2.45, 2.75) is 32.4 Å². The molecule has 2 nitrogen and oxygen atoms in total. The average Bonchev–Trinajstić information content (AvgIpc) is 2.18. The van der Waals surface area contributed by atoms with Gasteiger partial charge in [-0.1, -0.05) is 6.92 Å². The summed E-state index contributed by atoms with van der Waals surface area (Å²) in [6, 6.07) is 0.606. The Morgan fingerprint density at radius 3 is 2.89 bits per heavy atom. The minimum Gasteiger partial charge on any atom is -0.377 e. The highest BCUT2D eigenvalue weighted by molar-refractivity contribution is 4.77. The number of hydrogen-bond acceptors (Lipinski definition) is 2. The first-order chi connectivity index (χ1) is 4.34. The largest absolute Gasteiger partial charge is 0.377 e. The third-order valence-electron chi connectivity index (χ3n) is 1.84. The van der Waals surface area contributed by atoms with Gasteiger partial charge in [0.05, 0.1) is 6.10 Å². The van der Waals surface area contributed by atoms with Crippen LogP contribution >= 0.6 is 0 Å². The molecule has 1 aliphatic rings. The predicted octanol–water partition coefficient (Wildman–Crippen LogP) is 0.773. The minimum absolute atomic E-state index is 0.421. The fraction of sp³-hybridized carbons (Fsp3) is 1.00. The highest BCUT2D eigenvalue weighted by atomic mass is 16.5. The molecule has 0 saturated carbocycles. The molecule has 9 heavy (non-hydrogen) atoms. The second kappa shape index (κ2) is 3.18. The topological polar surface area (TPSA) is 21.3 Å². The van der Waals surface area contributed by atoms with Crippen LogP contribution in [0.25, 0.3) is 0 Å². The van der Waals surface area contributed by atoms with Crippen LogP contribution in [0.1, 0.15) is 20.3 Å². The maximum Gasteiger partial charge on any atom is 0.0700 e. The van der Waals surface area contributed by atoms with Gasteiger partial charge in [-0.05, 0) is 19.9 Å². The van der Waals surface area contributed by atoms with Crippen molar-refractivity contribution in [1.29, 1.82) is 0 Å². The highest BCUT2D eigenvalue weighted by Crippen LogP contribution is 2.11. The Hall–Kier alpha value is -0.0800. The zero-order valence-corrected chi connectivity index (χ0v) is 6.18. The lowest BCUT2D eigenvalue weighted by Crippen LogP contribution is -2.34. The molecule has 0 spiro atoms. The minimum atomic E-state index is 0.421. The maximum absolute atomic E-state index is 5.36. The van der Waals surface area contributed by atoms with Crippen molar-refractivity contribution < 1.29 is 4.74 Å². The molecule has 1 fully saturated rings. The van der Waals surface area contributed by atoms with Crippen LogP contribution in [0.15, 0.2) is 0 Å². The lowest BCUT2D eigenvalue weighted by molar-refractivity contribution is 0.113. The molecular formula is C7H15NO. The van der Waals surface area contributed by atoms with Gasteiger partial charge in [-0.3, -0.25) is 0 Å². The van der Waals surface area contributed by atoms with Gasteiger partial charge in [-0.2, -0.15) is 0 Å². The lowest BCUT2D eigenvalue weighted by Gasteiger charge is -2.13. The van der Waals surface area contributed by atoms with Crippen LogP contribution in [0, 0.1) is 0 Å². The Balaban J connectivity index is 2.22. The predicted molar refractivity (Wildman–Crippen MR) is 37.5 cm³/mol. The van der Waals surface area contributed by atoms with Crippen molar-refractivity contribution in [1.82, 2.24) is 5.32 Å². The molecule has 1 aliphatic heterocycles. The highest BCUT2D eigenvalue weighted by Gasteiger charge is 2.22. The fourth-order valence-corrected chi connectivity index (χ4v) is 1.26. The van der Waals surface area contributed by atoms with Gasteiger partial charge in [0.1, 0.15) is 0 Å². The Morgan fingerprint density at radius 2 is 2.44 bits per heavy atom. The Labute approximate surface area is 56.6 Å². The molecule has 0 aromatic heterocycles. The zero-order chi connectivity index (χ0) is 6.69. The van der Waals surface area contributed by atoms with E-state index in [1.165, 1.54) is 6.42 Å². The number of likely N-dealkylation sites (N-methyl/N-ethyl adjacent to an activating group) is 1. The van der Waals surface area contributed by atoms with Crippen LogP contribution < -0.4 is 5.32 Å². The van der Waals surface area contributed by atoms with E-state index in [0.717, 1.165) is 13.2 Å². The summed E-state index contributed by atoms with van der Waals surface area (Å²) in [6.45, 7) is 6.24. The monoisotopic (exact) mass is 129 g/mol. The van der Waals surface area contributed by atoms with Crippen molar-refractivity contribution in [2.24, 2.45) is 0 Å². The van der Waals surface area contributed by atoms with Crippen molar-refractivity contribution in [3.8, 4) is 0 Å².